The van der Waals surface area contributed by atoms with Gasteiger partial charge in [0.1, 0.15) is 11.4 Å². The number of carbonyl (C=O) groups excluding carboxylic acids is 1. The molecule has 3 aromatic rings. The quantitative estimate of drug-likeness (QED) is 0.379. The molecule has 5 heteroatoms. The molecule has 0 spiro atoms. The van der Waals surface area contributed by atoms with E-state index in [0.29, 0.717) is 29.8 Å². The van der Waals surface area contributed by atoms with Crippen LogP contribution in [0, 0.1) is 5.92 Å². The zero-order valence-electron chi connectivity index (χ0n) is 17.5. The van der Waals surface area contributed by atoms with E-state index in [1.165, 1.54) is 0 Å². The van der Waals surface area contributed by atoms with Crippen molar-refractivity contribution in [2.75, 3.05) is 13.2 Å². The first-order valence-corrected chi connectivity index (χ1v) is 10.6. The van der Waals surface area contributed by atoms with Crippen LogP contribution in [0.4, 0.5) is 0 Å². The van der Waals surface area contributed by atoms with Crippen molar-refractivity contribution < 1.29 is 14.3 Å². The van der Waals surface area contributed by atoms with Crippen LogP contribution in [0.3, 0.4) is 0 Å². The van der Waals surface area contributed by atoms with Crippen LogP contribution in [-0.4, -0.2) is 24.2 Å². The Labute approximate surface area is 182 Å². The van der Waals surface area contributed by atoms with Gasteiger partial charge in [-0.15, -0.1) is 0 Å². The lowest BCUT2D eigenvalue weighted by atomic mass is 9.96. The molecule has 0 aliphatic heterocycles. The molecule has 0 bridgehead atoms. The fraction of sp³-hybridized carbons (Fsp3) is 0.280. The van der Waals surface area contributed by atoms with Crippen molar-refractivity contribution >= 4 is 17.6 Å². The maximum absolute atomic E-state index is 12.1. The third-order valence-corrected chi connectivity index (χ3v) is 5.12. The highest BCUT2D eigenvalue weighted by Crippen LogP contribution is 2.38. The molecular weight excluding hydrogens is 398 g/mol. The van der Waals surface area contributed by atoms with Gasteiger partial charge in [0.05, 0.1) is 18.9 Å². The summed E-state index contributed by atoms with van der Waals surface area (Å²) in [6.45, 7) is 7.02. The Morgan fingerprint density at radius 2 is 1.77 bits per heavy atom. The predicted molar refractivity (Wildman–Crippen MR) is 121 cm³/mol. The summed E-state index contributed by atoms with van der Waals surface area (Å²) in [6, 6.07) is 18.9. The third-order valence-electron chi connectivity index (χ3n) is 4.89. The van der Waals surface area contributed by atoms with Gasteiger partial charge in [-0.05, 0) is 48.7 Å². The number of rotatable bonds is 8. The van der Waals surface area contributed by atoms with Crippen molar-refractivity contribution in [1.29, 1.82) is 0 Å². The molecule has 0 radical (unpaired) electrons. The minimum absolute atomic E-state index is 0.281. The highest BCUT2D eigenvalue weighted by atomic mass is 35.5. The molecule has 3 rings (SSSR count). The van der Waals surface area contributed by atoms with Crippen LogP contribution in [0.25, 0.3) is 22.4 Å². The Bertz CT molecular complexity index is 1020. The SMILES string of the molecule is CCOC(=O)c1cccc(-c2ccccc2-c2cc(Cl)ccc2OCC(C)CC)n1. The van der Waals surface area contributed by atoms with Crippen molar-refractivity contribution in [2.24, 2.45) is 5.92 Å². The monoisotopic (exact) mass is 423 g/mol. The molecule has 30 heavy (non-hydrogen) atoms. The van der Waals surface area contributed by atoms with Crippen LogP contribution in [0.15, 0.2) is 60.7 Å². The molecule has 0 saturated carbocycles. The number of hydrogen-bond donors (Lipinski definition) is 0. The molecule has 2 aromatic carbocycles. The molecule has 4 nitrogen and oxygen atoms in total. The average Bonchev–Trinajstić information content (AvgIpc) is 2.78. The zero-order chi connectivity index (χ0) is 21.5. The summed E-state index contributed by atoms with van der Waals surface area (Å²) in [4.78, 5) is 16.7. The van der Waals surface area contributed by atoms with Gasteiger partial charge in [-0.2, -0.15) is 0 Å². The summed E-state index contributed by atoms with van der Waals surface area (Å²) < 4.78 is 11.2. The van der Waals surface area contributed by atoms with Gasteiger partial charge in [-0.25, -0.2) is 9.78 Å². The second-order valence-electron chi connectivity index (χ2n) is 7.14. The van der Waals surface area contributed by atoms with E-state index in [-0.39, 0.29) is 5.69 Å². The number of esters is 1. The number of nitrogens with zero attached hydrogens (tertiary/aromatic N) is 1. The van der Waals surface area contributed by atoms with E-state index >= 15 is 0 Å². The molecule has 1 atom stereocenters. The van der Waals surface area contributed by atoms with Crippen molar-refractivity contribution in [3.05, 3.63) is 71.4 Å². The third kappa shape index (κ3) is 5.19. The standard InChI is InChI=1S/C25H26ClNO3/c1-4-17(3)16-30-24-14-13-18(26)15-21(24)19-9-6-7-10-20(19)22-11-8-12-23(27-22)25(28)29-5-2/h6-15,17H,4-5,16H2,1-3H3. The Hall–Kier alpha value is -2.85. The number of benzene rings is 2. The molecule has 0 fully saturated rings. The summed E-state index contributed by atoms with van der Waals surface area (Å²) in [5.74, 6) is 0.789. The van der Waals surface area contributed by atoms with Crippen LogP contribution in [-0.2, 0) is 4.74 Å². The van der Waals surface area contributed by atoms with Crippen molar-refractivity contribution in [1.82, 2.24) is 4.98 Å². The first-order chi connectivity index (χ1) is 14.5. The fourth-order valence-corrected chi connectivity index (χ4v) is 3.21. The topological polar surface area (TPSA) is 48.4 Å². The van der Waals surface area contributed by atoms with E-state index in [2.05, 4.69) is 18.8 Å². The average molecular weight is 424 g/mol. The van der Waals surface area contributed by atoms with E-state index in [9.17, 15) is 4.79 Å². The van der Waals surface area contributed by atoms with Crippen molar-refractivity contribution in [3.63, 3.8) is 0 Å². The Morgan fingerprint density at radius 3 is 2.50 bits per heavy atom. The number of halogens is 1. The lowest BCUT2D eigenvalue weighted by Crippen LogP contribution is -2.08. The summed E-state index contributed by atoms with van der Waals surface area (Å²) in [7, 11) is 0. The van der Waals surface area contributed by atoms with Gasteiger partial charge in [0.15, 0.2) is 0 Å². The van der Waals surface area contributed by atoms with Crippen LogP contribution in [0.5, 0.6) is 5.75 Å². The van der Waals surface area contributed by atoms with Gasteiger partial charge in [0.2, 0.25) is 0 Å². The van der Waals surface area contributed by atoms with Gasteiger partial charge in [-0.3, -0.25) is 0 Å². The number of hydrogen-bond acceptors (Lipinski definition) is 4. The summed E-state index contributed by atoms with van der Waals surface area (Å²) in [5.41, 5.74) is 3.68. The van der Waals surface area contributed by atoms with Gasteiger partial charge in [0, 0.05) is 16.1 Å². The number of ether oxygens (including phenoxy) is 2. The molecule has 156 valence electrons. The Kier molecular flexibility index (Phi) is 7.47. The minimum Gasteiger partial charge on any atom is -0.493 e. The highest BCUT2D eigenvalue weighted by molar-refractivity contribution is 6.31. The number of aromatic nitrogens is 1. The highest BCUT2D eigenvalue weighted by Gasteiger charge is 2.16. The first kappa shape index (κ1) is 21.8. The lowest BCUT2D eigenvalue weighted by molar-refractivity contribution is 0.0519. The van der Waals surface area contributed by atoms with Gasteiger partial charge >= 0.3 is 5.97 Å². The smallest absolute Gasteiger partial charge is 0.356 e. The van der Waals surface area contributed by atoms with Crippen LogP contribution in [0.1, 0.15) is 37.7 Å². The summed E-state index contributed by atoms with van der Waals surface area (Å²) in [6.07, 6.45) is 1.05. The molecular formula is C25H26ClNO3. The number of pyridine rings is 1. The van der Waals surface area contributed by atoms with E-state index in [4.69, 9.17) is 21.1 Å². The molecule has 1 unspecified atom stereocenters. The fourth-order valence-electron chi connectivity index (χ4n) is 3.03. The largest absolute Gasteiger partial charge is 0.493 e. The maximum Gasteiger partial charge on any atom is 0.356 e. The predicted octanol–water partition coefficient (Wildman–Crippen LogP) is 6.67. The molecule has 1 heterocycles. The van der Waals surface area contributed by atoms with Crippen molar-refractivity contribution in [2.45, 2.75) is 27.2 Å². The van der Waals surface area contributed by atoms with Crippen LogP contribution >= 0.6 is 11.6 Å². The molecule has 0 amide bonds. The summed E-state index contributed by atoms with van der Waals surface area (Å²) in [5, 5.41) is 0.629. The molecule has 0 aliphatic rings. The summed E-state index contributed by atoms with van der Waals surface area (Å²) >= 11 is 6.32. The second-order valence-corrected chi connectivity index (χ2v) is 7.58. The molecule has 1 aromatic heterocycles. The van der Waals surface area contributed by atoms with Gasteiger partial charge < -0.3 is 9.47 Å². The Morgan fingerprint density at radius 1 is 1.00 bits per heavy atom. The Balaban J connectivity index is 2.06. The molecule has 0 aliphatic carbocycles. The second kappa shape index (κ2) is 10.3. The van der Waals surface area contributed by atoms with E-state index < -0.39 is 5.97 Å². The van der Waals surface area contributed by atoms with Gasteiger partial charge in [0.25, 0.3) is 0 Å². The van der Waals surface area contributed by atoms with Crippen LogP contribution in [0.2, 0.25) is 5.02 Å². The van der Waals surface area contributed by atoms with E-state index in [1.54, 1.807) is 13.0 Å². The normalized spacial score (nSPS) is 11.7. The zero-order valence-corrected chi connectivity index (χ0v) is 18.3. The van der Waals surface area contributed by atoms with E-state index in [1.807, 2.05) is 54.6 Å². The van der Waals surface area contributed by atoms with Crippen molar-refractivity contribution in [3.8, 4) is 28.1 Å². The first-order valence-electron chi connectivity index (χ1n) is 10.2. The van der Waals surface area contributed by atoms with Crippen LogP contribution < -0.4 is 4.74 Å². The molecule has 0 N–H and O–H groups in total. The minimum atomic E-state index is -0.433. The number of carbonyl (C=O) groups is 1. The van der Waals surface area contributed by atoms with E-state index in [0.717, 1.165) is 28.9 Å². The molecule has 0 saturated heterocycles. The maximum atomic E-state index is 12.1. The lowest BCUT2D eigenvalue weighted by Gasteiger charge is -2.17. The van der Waals surface area contributed by atoms with Gasteiger partial charge in [-0.1, -0.05) is 62.2 Å².